The largest absolute Gasteiger partial charge is 0.329 e. The standard InChI is InChI=1S/C18H21ClN2O2/c1-10-5-6-14(16(22)20-10)21-9-11-7-12(18(2,3)4)8-13(19)15(11)17(21)23/h7-8,14H,1,5-6,9H2,2-4H3,(H,20,22). The van der Waals surface area contributed by atoms with Crippen LogP contribution in [0, 0.1) is 0 Å². The van der Waals surface area contributed by atoms with E-state index in [0.717, 1.165) is 11.1 Å². The first kappa shape index (κ1) is 16.1. The molecule has 0 radical (unpaired) electrons. The molecule has 4 nitrogen and oxygen atoms in total. The average Bonchev–Trinajstić information content (AvgIpc) is 2.75. The smallest absolute Gasteiger partial charge is 0.256 e. The number of allylic oxidation sites excluding steroid dienone is 1. The summed E-state index contributed by atoms with van der Waals surface area (Å²) in [5, 5.41) is 3.22. The Morgan fingerprint density at radius 3 is 2.61 bits per heavy atom. The van der Waals surface area contributed by atoms with E-state index in [2.05, 4.69) is 32.7 Å². The highest BCUT2D eigenvalue weighted by molar-refractivity contribution is 6.34. The van der Waals surface area contributed by atoms with E-state index < -0.39 is 6.04 Å². The first-order chi connectivity index (χ1) is 10.7. The predicted octanol–water partition coefficient (Wildman–Crippen LogP) is 3.39. The molecule has 2 aliphatic rings. The van der Waals surface area contributed by atoms with Crippen molar-refractivity contribution in [2.45, 2.75) is 51.6 Å². The molecule has 2 aliphatic heterocycles. The van der Waals surface area contributed by atoms with Crippen LogP contribution in [0.4, 0.5) is 0 Å². The second kappa shape index (κ2) is 5.38. The van der Waals surface area contributed by atoms with Crippen LogP contribution in [0.15, 0.2) is 24.4 Å². The summed E-state index contributed by atoms with van der Waals surface area (Å²) in [6, 6.07) is 3.46. The summed E-state index contributed by atoms with van der Waals surface area (Å²) in [4.78, 5) is 26.6. The third-order valence-corrected chi connectivity index (χ3v) is 4.85. The lowest BCUT2D eigenvalue weighted by atomic mass is 9.85. The van der Waals surface area contributed by atoms with Gasteiger partial charge in [0.15, 0.2) is 0 Å². The molecule has 122 valence electrons. The van der Waals surface area contributed by atoms with Crippen molar-refractivity contribution in [3.8, 4) is 0 Å². The molecule has 0 spiro atoms. The number of halogens is 1. The molecule has 1 saturated heterocycles. The lowest BCUT2D eigenvalue weighted by Crippen LogP contribution is -2.49. The molecule has 23 heavy (non-hydrogen) atoms. The number of rotatable bonds is 1. The van der Waals surface area contributed by atoms with Gasteiger partial charge in [0.2, 0.25) is 5.91 Å². The highest BCUT2D eigenvalue weighted by Gasteiger charge is 2.39. The zero-order valence-electron chi connectivity index (χ0n) is 13.7. The quantitative estimate of drug-likeness (QED) is 0.857. The summed E-state index contributed by atoms with van der Waals surface area (Å²) in [5.74, 6) is -0.312. The van der Waals surface area contributed by atoms with E-state index in [0.29, 0.717) is 35.7 Å². The van der Waals surface area contributed by atoms with E-state index in [-0.39, 0.29) is 17.2 Å². The van der Waals surface area contributed by atoms with E-state index in [1.807, 2.05) is 12.1 Å². The van der Waals surface area contributed by atoms with Gasteiger partial charge in [-0.2, -0.15) is 0 Å². The van der Waals surface area contributed by atoms with Gasteiger partial charge in [0.25, 0.3) is 5.91 Å². The SMILES string of the molecule is C=C1CCC(N2Cc3cc(C(C)(C)C)cc(Cl)c3C2=O)C(=O)N1. The zero-order chi connectivity index (χ0) is 16.9. The van der Waals surface area contributed by atoms with Gasteiger partial charge in [-0.25, -0.2) is 0 Å². The first-order valence-electron chi connectivity index (χ1n) is 7.81. The summed E-state index contributed by atoms with van der Waals surface area (Å²) < 4.78 is 0. The molecule has 1 aromatic rings. The van der Waals surface area contributed by atoms with Crippen LogP contribution in [0.1, 0.15) is 55.1 Å². The highest BCUT2D eigenvalue weighted by Crippen LogP contribution is 2.36. The van der Waals surface area contributed by atoms with Crippen molar-refractivity contribution >= 4 is 23.4 Å². The Morgan fingerprint density at radius 1 is 1.30 bits per heavy atom. The normalized spacial score (nSPS) is 21.5. The molecule has 3 rings (SSSR count). The Balaban J connectivity index is 1.94. The molecule has 5 heteroatoms. The number of hydrogen-bond donors (Lipinski definition) is 1. The minimum absolute atomic E-state index is 0.0465. The lowest BCUT2D eigenvalue weighted by molar-refractivity contribution is -0.126. The number of benzene rings is 1. The monoisotopic (exact) mass is 332 g/mol. The fourth-order valence-electron chi connectivity index (χ4n) is 3.17. The summed E-state index contributed by atoms with van der Waals surface area (Å²) >= 11 is 6.38. The maximum atomic E-state index is 12.7. The van der Waals surface area contributed by atoms with Crippen molar-refractivity contribution in [2.75, 3.05) is 0 Å². The van der Waals surface area contributed by atoms with Crippen molar-refractivity contribution in [1.82, 2.24) is 10.2 Å². The molecule has 2 amide bonds. The Bertz CT molecular complexity index is 718. The highest BCUT2D eigenvalue weighted by atomic mass is 35.5. The summed E-state index contributed by atoms with van der Waals surface area (Å²) in [7, 11) is 0. The number of carbonyl (C=O) groups excluding carboxylic acids is 2. The number of hydrogen-bond acceptors (Lipinski definition) is 2. The second-order valence-corrected chi connectivity index (χ2v) is 7.73. The van der Waals surface area contributed by atoms with Crippen molar-refractivity contribution in [3.05, 3.63) is 46.1 Å². The number of amides is 2. The number of nitrogens with one attached hydrogen (secondary N) is 1. The van der Waals surface area contributed by atoms with Gasteiger partial charge in [-0.05, 0) is 35.4 Å². The van der Waals surface area contributed by atoms with Gasteiger partial charge < -0.3 is 10.2 Å². The summed E-state index contributed by atoms with van der Waals surface area (Å²) in [5.41, 5.74) is 3.21. The number of piperidine rings is 1. The van der Waals surface area contributed by atoms with Crippen LogP contribution < -0.4 is 5.32 Å². The number of carbonyl (C=O) groups is 2. The molecule has 1 atom stereocenters. The third kappa shape index (κ3) is 2.76. The topological polar surface area (TPSA) is 49.4 Å². The number of fused-ring (bicyclic) bond motifs is 1. The third-order valence-electron chi connectivity index (χ3n) is 4.55. The fraction of sp³-hybridized carbons (Fsp3) is 0.444. The maximum absolute atomic E-state index is 12.7. The molecular weight excluding hydrogens is 312 g/mol. The molecule has 0 bridgehead atoms. The van der Waals surface area contributed by atoms with E-state index in [4.69, 9.17) is 11.6 Å². The van der Waals surface area contributed by atoms with E-state index >= 15 is 0 Å². The molecule has 1 unspecified atom stereocenters. The van der Waals surface area contributed by atoms with Gasteiger partial charge in [-0.15, -0.1) is 0 Å². The first-order valence-corrected chi connectivity index (χ1v) is 8.19. The summed E-state index contributed by atoms with van der Waals surface area (Å²) in [6.45, 7) is 10.5. The van der Waals surface area contributed by atoms with Crippen molar-refractivity contribution < 1.29 is 9.59 Å². The second-order valence-electron chi connectivity index (χ2n) is 7.32. The van der Waals surface area contributed by atoms with Gasteiger partial charge in [0.05, 0.1) is 10.6 Å². The van der Waals surface area contributed by atoms with Crippen LogP contribution in [0.2, 0.25) is 5.02 Å². The molecule has 0 aliphatic carbocycles. The van der Waals surface area contributed by atoms with Gasteiger partial charge in [0.1, 0.15) is 6.04 Å². The maximum Gasteiger partial charge on any atom is 0.256 e. The number of nitrogens with zero attached hydrogens (tertiary/aromatic N) is 1. The molecule has 2 heterocycles. The van der Waals surface area contributed by atoms with Gasteiger partial charge in [-0.1, -0.05) is 45.0 Å². The Kier molecular flexibility index (Phi) is 3.75. The van der Waals surface area contributed by atoms with Gasteiger partial charge in [0, 0.05) is 12.2 Å². The Hall–Kier alpha value is -1.81. The van der Waals surface area contributed by atoms with Crippen LogP contribution in [0.25, 0.3) is 0 Å². The summed E-state index contributed by atoms with van der Waals surface area (Å²) in [6.07, 6.45) is 1.30. The van der Waals surface area contributed by atoms with Crippen LogP contribution in [0.5, 0.6) is 0 Å². The van der Waals surface area contributed by atoms with Crippen LogP contribution >= 0.6 is 11.6 Å². The van der Waals surface area contributed by atoms with E-state index in [1.165, 1.54) is 0 Å². The van der Waals surface area contributed by atoms with Gasteiger partial charge >= 0.3 is 0 Å². The van der Waals surface area contributed by atoms with Gasteiger partial charge in [-0.3, -0.25) is 9.59 Å². The minimum atomic E-state index is -0.449. The van der Waals surface area contributed by atoms with E-state index in [1.54, 1.807) is 4.90 Å². The Morgan fingerprint density at radius 2 is 2.00 bits per heavy atom. The molecule has 1 aromatic carbocycles. The van der Waals surface area contributed by atoms with E-state index in [9.17, 15) is 9.59 Å². The molecule has 1 fully saturated rings. The lowest BCUT2D eigenvalue weighted by Gasteiger charge is -2.30. The van der Waals surface area contributed by atoms with Crippen LogP contribution in [0.3, 0.4) is 0 Å². The van der Waals surface area contributed by atoms with Crippen molar-refractivity contribution in [1.29, 1.82) is 0 Å². The molecule has 1 N–H and O–H groups in total. The van der Waals surface area contributed by atoms with Crippen LogP contribution in [-0.2, 0) is 16.8 Å². The predicted molar refractivity (Wildman–Crippen MR) is 90.3 cm³/mol. The zero-order valence-corrected chi connectivity index (χ0v) is 14.5. The molecular formula is C18H21ClN2O2. The molecule has 0 aromatic heterocycles. The van der Waals surface area contributed by atoms with Crippen LogP contribution in [-0.4, -0.2) is 22.8 Å². The minimum Gasteiger partial charge on any atom is -0.329 e. The van der Waals surface area contributed by atoms with Crippen molar-refractivity contribution in [2.24, 2.45) is 0 Å². The Labute approximate surface area is 141 Å². The fourth-order valence-corrected chi connectivity index (χ4v) is 3.49. The van der Waals surface area contributed by atoms with Crippen molar-refractivity contribution in [3.63, 3.8) is 0 Å². The average molecular weight is 333 g/mol. The molecule has 0 saturated carbocycles.